The van der Waals surface area contributed by atoms with Crippen LogP contribution in [0.3, 0.4) is 0 Å². The van der Waals surface area contributed by atoms with E-state index in [1.807, 2.05) is 14.1 Å². The molecular formula is C17H21FN2O3. The Labute approximate surface area is 135 Å². The quantitative estimate of drug-likeness (QED) is 0.791. The molecule has 0 saturated heterocycles. The predicted molar refractivity (Wildman–Crippen MR) is 84.9 cm³/mol. The number of hydrogen-bond acceptors (Lipinski definition) is 5. The van der Waals surface area contributed by atoms with Gasteiger partial charge in [-0.2, -0.15) is 0 Å². The van der Waals surface area contributed by atoms with E-state index in [9.17, 15) is 9.18 Å². The standard InChI is InChI=1S/C17H21FN2O3/c1-10-13(11(2)23-19-10)9-16(21)22-12(3)17-14(18)7-6-8-15(17)20(4)5/h6-8,12H,9H2,1-5H3/t12-/m0/s1. The third-order valence-corrected chi connectivity index (χ3v) is 3.73. The molecule has 0 aliphatic carbocycles. The van der Waals surface area contributed by atoms with Crippen LogP contribution in [0.15, 0.2) is 22.7 Å². The van der Waals surface area contributed by atoms with Gasteiger partial charge in [-0.3, -0.25) is 4.79 Å². The fourth-order valence-corrected chi connectivity index (χ4v) is 2.51. The lowest BCUT2D eigenvalue weighted by Crippen LogP contribution is -2.17. The second-order valence-corrected chi connectivity index (χ2v) is 5.68. The Morgan fingerprint density at radius 3 is 2.65 bits per heavy atom. The van der Waals surface area contributed by atoms with Crippen molar-refractivity contribution in [3.8, 4) is 0 Å². The number of carbonyl (C=O) groups is 1. The number of aromatic nitrogens is 1. The molecule has 0 spiro atoms. The van der Waals surface area contributed by atoms with Crippen LogP contribution in [0.4, 0.5) is 10.1 Å². The molecule has 0 amide bonds. The molecule has 0 aliphatic heterocycles. The molecule has 0 N–H and O–H groups in total. The number of carbonyl (C=O) groups excluding carboxylic acids is 1. The first-order valence-electron chi connectivity index (χ1n) is 7.38. The number of rotatable bonds is 5. The molecule has 23 heavy (non-hydrogen) atoms. The number of halogens is 1. The zero-order valence-corrected chi connectivity index (χ0v) is 14.0. The second-order valence-electron chi connectivity index (χ2n) is 5.68. The van der Waals surface area contributed by atoms with Crippen LogP contribution in [0.2, 0.25) is 0 Å². The first kappa shape index (κ1) is 17.0. The minimum atomic E-state index is -0.693. The maximum absolute atomic E-state index is 14.2. The lowest BCUT2D eigenvalue weighted by Gasteiger charge is -2.22. The monoisotopic (exact) mass is 320 g/mol. The summed E-state index contributed by atoms with van der Waals surface area (Å²) < 4.78 is 24.6. The fourth-order valence-electron chi connectivity index (χ4n) is 2.51. The third-order valence-electron chi connectivity index (χ3n) is 3.73. The van der Waals surface area contributed by atoms with Gasteiger partial charge >= 0.3 is 5.97 Å². The molecule has 5 nitrogen and oxygen atoms in total. The summed E-state index contributed by atoms with van der Waals surface area (Å²) in [6.07, 6.45) is -0.640. The molecule has 124 valence electrons. The van der Waals surface area contributed by atoms with Crippen LogP contribution in [0, 0.1) is 19.7 Å². The van der Waals surface area contributed by atoms with Gasteiger partial charge in [-0.25, -0.2) is 4.39 Å². The molecule has 6 heteroatoms. The molecule has 0 fully saturated rings. The van der Waals surface area contributed by atoms with Crippen LogP contribution in [-0.4, -0.2) is 25.2 Å². The summed E-state index contributed by atoms with van der Waals surface area (Å²) in [4.78, 5) is 14.0. The fraction of sp³-hybridized carbons (Fsp3) is 0.412. The van der Waals surface area contributed by atoms with Gasteiger partial charge in [0.15, 0.2) is 0 Å². The van der Waals surface area contributed by atoms with Crippen molar-refractivity contribution in [2.45, 2.75) is 33.3 Å². The Morgan fingerprint density at radius 2 is 2.09 bits per heavy atom. The van der Waals surface area contributed by atoms with E-state index in [0.29, 0.717) is 28.3 Å². The number of benzene rings is 1. The van der Waals surface area contributed by atoms with E-state index in [1.54, 1.807) is 37.8 Å². The Bertz CT molecular complexity index is 690. The van der Waals surface area contributed by atoms with E-state index < -0.39 is 17.9 Å². The molecule has 1 heterocycles. The van der Waals surface area contributed by atoms with Crippen molar-refractivity contribution in [2.24, 2.45) is 0 Å². The van der Waals surface area contributed by atoms with Gasteiger partial charge in [-0.05, 0) is 32.9 Å². The van der Waals surface area contributed by atoms with E-state index in [0.717, 1.165) is 0 Å². The lowest BCUT2D eigenvalue weighted by molar-refractivity contribution is -0.147. The van der Waals surface area contributed by atoms with Gasteiger partial charge in [0.05, 0.1) is 17.7 Å². The molecule has 0 saturated carbocycles. The second kappa shape index (κ2) is 6.81. The summed E-state index contributed by atoms with van der Waals surface area (Å²) in [6, 6.07) is 4.78. The Hall–Kier alpha value is -2.37. The molecule has 0 unspecified atom stereocenters. The summed E-state index contributed by atoms with van der Waals surface area (Å²) in [5, 5.41) is 3.81. The summed E-state index contributed by atoms with van der Waals surface area (Å²) >= 11 is 0. The van der Waals surface area contributed by atoms with E-state index in [-0.39, 0.29) is 6.42 Å². The normalized spacial score (nSPS) is 12.1. The van der Waals surface area contributed by atoms with Gasteiger partial charge < -0.3 is 14.2 Å². The summed E-state index contributed by atoms with van der Waals surface area (Å²) in [5.74, 6) is -0.249. The Balaban J connectivity index is 2.16. The molecule has 1 aromatic heterocycles. The van der Waals surface area contributed by atoms with Crippen molar-refractivity contribution >= 4 is 11.7 Å². The average molecular weight is 320 g/mol. The highest BCUT2D eigenvalue weighted by Gasteiger charge is 2.22. The van der Waals surface area contributed by atoms with Crippen LogP contribution in [0.5, 0.6) is 0 Å². The van der Waals surface area contributed by atoms with Crippen LogP contribution >= 0.6 is 0 Å². The maximum Gasteiger partial charge on any atom is 0.311 e. The van der Waals surface area contributed by atoms with Gasteiger partial charge in [-0.15, -0.1) is 0 Å². The maximum atomic E-state index is 14.2. The van der Waals surface area contributed by atoms with Crippen LogP contribution in [0.25, 0.3) is 0 Å². The minimum absolute atomic E-state index is 0.0528. The highest BCUT2D eigenvalue weighted by molar-refractivity contribution is 5.73. The Kier molecular flexibility index (Phi) is 5.03. The third kappa shape index (κ3) is 3.70. The number of anilines is 1. The van der Waals surface area contributed by atoms with E-state index in [2.05, 4.69) is 5.16 Å². The molecule has 0 bridgehead atoms. The number of ether oxygens (including phenoxy) is 1. The smallest absolute Gasteiger partial charge is 0.311 e. The van der Waals surface area contributed by atoms with Crippen molar-refractivity contribution in [2.75, 3.05) is 19.0 Å². The van der Waals surface area contributed by atoms with Crippen LogP contribution in [0.1, 0.15) is 35.6 Å². The summed E-state index contributed by atoms with van der Waals surface area (Å²) in [7, 11) is 3.63. The zero-order valence-electron chi connectivity index (χ0n) is 14.0. The molecule has 0 radical (unpaired) electrons. The summed E-state index contributed by atoms with van der Waals surface area (Å²) in [5.41, 5.74) is 2.42. The molecular weight excluding hydrogens is 299 g/mol. The van der Waals surface area contributed by atoms with Crippen molar-refractivity contribution in [3.05, 3.63) is 46.6 Å². The van der Waals surface area contributed by atoms with E-state index in [4.69, 9.17) is 9.26 Å². The van der Waals surface area contributed by atoms with E-state index >= 15 is 0 Å². The average Bonchev–Trinajstić information content (AvgIpc) is 2.78. The minimum Gasteiger partial charge on any atom is -0.457 e. The van der Waals surface area contributed by atoms with Gasteiger partial charge in [0.25, 0.3) is 0 Å². The lowest BCUT2D eigenvalue weighted by atomic mass is 10.1. The molecule has 2 rings (SSSR count). The largest absolute Gasteiger partial charge is 0.457 e. The van der Waals surface area contributed by atoms with Gasteiger partial charge in [0, 0.05) is 25.3 Å². The number of esters is 1. The summed E-state index contributed by atoms with van der Waals surface area (Å²) in [6.45, 7) is 5.17. The highest BCUT2D eigenvalue weighted by Crippen LogP contribution is 2.30. The van der Waals surface area contributed by atoms with Gasteiger partial charge in [0.1, 0.15) is 17.7 Å². The number of nitrogens with zero attached hydrogens (tertiary/aromatic N) is 2. The van der Waals surface area contributed by atoms with Crippen molar-refractivity contribution in [3.63, 3.8) is 0 Å². The van der Waals surface area contributed by atoms with Crippen LogP contribution in [-0.2, 0) is 16.0 Å². The zero-order chi connectivity index (χ0) is 17.1. The SMILES string of the molecule is Cc1noc(C)c1CC(=O)O[C@@H](C)c1c(F)cccc1N(C)C. The van der Waals surface area contributed by atoms with Crippen molar-refractivity contribution in [1.82, 2.24) is 5.16 Å². The Morgan fingerprint density at radius 1 is 1.39 bits per heavy atom. The highest BCUT2D eigenvalue weighted by atomic mass is 19.1. The molecule has 1 atom stereocenters. The molecule has 2 aromatic rings. The van der Waals surface area contributed by atoms with Crippen molar-refractivity contribution in [1.29, 1.82) is 0 Å². The van der Waals surface area contributed by atoms with Gasteiger partial charge in [-0.1, -0.05) is 11.2 Å². The predicted octanol–water partition coefficient (Wildman–Crippen LogP) is 3.34. The topological polar surface area (TPSA) is 55.6 Å². The number of hydrogen-bond donors (Lipinski definition) is 0. The van der Waals surface area contributed by atoms with E-state index in [1.165, 1.54) is 6.07 Å². The first-order chi connectivity index (χ1) is 10.8. The van der Waals surface area contributed by atoms with Gasteiger partial charge in [0.2, 0.25) is 0 Å². The van der Waals surface area contributed by atoms with Crippen LogP contribution < -0.4 is 4.90 Å². The molecule has 0 aliphatic rings. The first-order valence-corrected chi connectivity index (χ1v) is 7.38. The molecule has 1 aromatic carbocycles. The number of aryl methyl sites for hydroxylation is 2. The van der Waals surface area contributed by atoms with Crippen molar-refractivity contribution < 1.29 is 18.4 Å².